The van der Waals surface area contributed by atoms with Gasteiger partial charge in [-0.3, -0.25) is 9.80 Å². The van der Waals surface area contributed by atoms with Crippen molar-refractivity contribution in [1.29, 1.82) is 0 Å². The normalized spacial score (nSPS) is 11.2. The van der Waals surface area contributed by atoms with Crippen molar-refractivity contribution < 1.29 is 4.74 Å². The summed E-state index contributed by atoms with van der Waals surface area (Å²) in [6.07, 6.45) is 0. The summed E-state index contributed by atoms with van der Waals surface area (Å²) in [4.78, 5) is 22.7. The van der Waals surface area contributed by atoms with E-state index >= 15 is 0 Å². The van der Waals surface area contributed by atoms with Crippen LogP contribution in [0.2, 0.25) is 0 Å². The van der Waals surface area contributed by atoms with Gasteiger partial charge in [-0.2, -0.15) is 0 Å². The number of hydrogen-bond donors (Lipinski definition) is 4. The highest BCUT2D eigenvalue weighted by atomic mass is 16.5. The summed E-state index contributed by atoms with van der Waals surface area (Å²) in [5, 5.41) is 6.75. The van der Waals surface area contributed by atoms with Crippen LogP contribution in [-0.2, 0) is 26.2 Å². The lowest BCUT2D eigenvalue weighted by molar-refractivity contribution is 0.311. The van der Waals surface area contributed by atoms with E-state index in [4.69, 9.17) is 26.2 Å². The standard InChI is InChI=1S/C40H44N10O/c1-27-10-8-13-31(20-27)43-36-21-34(41)45-38(47-36)25-50(3)24-29-16-18-30(19-17-29)32-14-9-15-33(40(32)51-4)44-37-22-35(42)46-39(48-37)26-49(2)23-28-11-6-5-7-12-28/h5-22H,23-26H2,1-4H3,(H3,41,43,45,47)(H3,42,44,46,48). The second-order valence-corrected chi connectivity index (χ2v) is 12.7. The van der Waals surface area contributed by atoms with Crippen molar-refractivity contribution >= 4 is 34.6 Å². The maximum absolute atomic E-state index is 6.21. The minimum absolute atomic E-state index is 0.396. The zero-order valence-corrected chi connectivity index (χ0v) is 29.5. The predicted octanol–water partition coefficient (Wildman–Crippen LogP) is 7.17. The number of benzene rings is 4. The second kappa shape index (κ2) is 16.1. The highest BCUT2D eigenvalue weighted by Crippen LogP contribution is 2.38. The molecule has 0 aliphatic carbocycles. The Bertz CT molecular complexity index is 2070. The molecule has 4 aromatic carbocycles. The molecule has 0 aliphatic rings. The molecular weight excluding hydrogens is 637 g/mol. The molecule has 0 atom stereocenters. The zero-order valence-electron chi connectivity index (χ0n) is 29.5. The molecule has 6 N–H and O–H groups in total. The molecule has 0 aliphatic heterocycles. The van der Waals surface area contributed by atoms with E-state index < -0.39 is 0 Å². The van der Waals surface area contributed by atoms with Crippen LogP contribution < -0.4 is 26.8 Å². The van der Waals surface area contributed by atoms with Crippen molar-refractivity contribution in [3.05, 3.63) is 138 Å². The number of nitrogens with zero attached hydrogens (tertiary/aromatic N) is 6. The topological polar surface area (TPSA) is 143 Å². The Morgan fingerprint density at radius 2 is 1.20 bits per heavy atom. The molecule has 6 rings (SSSR count). The monoisotopic (exact) mass is 680 g/mol. The van der Waals surface area contributed by atoms with Crippen molar-refractivity contribution in [3.63, 3.8) is 0 Å². The third-order valence-electron chi connectivity index (χ3n) is 8.19. The maximum atomic E-state index is 6.21. The molecule has 0 amide bonds. The number of aromatic nitrogens is 4. The van der Waals surface area contributed by atoms with Gasteiger partial charge in [0.2, 0.25) is 0 Å². The molecule has 260 valence electrons. The number of para-hydroxylation sites is 1. The lowest BCUT2D eigenvalue weighted by Gasteiger charge is -2.18. The van der Waals surface area contributed by atoms with Gasteiger partial charge in [0.1, 0.15) is 40.7 Å². The van der Waals surface area contributed by atoms with E-state index in [0.29, 0.717) is 60.3 Å². The molecule has 11 heteroatoms. The minimum atomic E-state index is 0.396. The molecule has 0 bridgehead atoms. The molecular formula is C40H44N10O. The smallest absolute Gasteiger partial charge is 0.150 e. The summed E-state index contributed by atoms with van der Waals surface area (Å²) >= 11 is 0. The van der Waals surface area contributed by atoms with Gasteiger partial charge < -0.3 is 26.8 Å². The molecule has 2 heterocycles. The van der Waals surface area contributed by atoms with E-state index in [1.807, 2.05) is 62.6 Å². The van der Waals surface area contributed by atoms with Crippen molar-refractivity contribution in [2.24, 2.45) is 0 Å². The zero-order chi connectivity index (χ0) is 35.7. The Labute approximate surface area is 299 Å². The summed E-state index contributed by atoms with van der Waals surface area (Å²) < 4.78 is 5.94. The van der Waals surface area contributed by atoms with Crippen LogP contribution in [0.3, 0.4) is 0 Å². The van der Waals surface area contributed by atoms with Crippen LogP contribution in [0.4, 0.5) is 34.6 Å². The molecule has 0 spiro atoms. The van der Waals surface area contributed by atoms with Gasteiger partial charge in [0, 0.05) is 36.5 Å². The number of rotatable bonds is 14. The summed E-state index contributed by atoms with van der Waals surface area (Å²) in [5.41, 5.74) is 19.6. The van der Waals surface area contributed by atoms with E-state index in [1.165, 1.54) is 5.56 Å². The largest absolute Gasteiger partial charge is 0.494 e. The van der Waals surface area contributed by atoms with Crippen LogP contribution >= 0.6 is 0 Å². The van der Waals surface area contributed by atoms with Crippen LogP contribution in [0.25, 0.3) is 11.1 Å². The molecule has 0 saturated heterocycles. The number of nitrogens with one attached hydrogen (secondary N) is 2. The molecule has 0 fully saturated rings. The summed E-state index contributed by atoms with van der Waals surface area (Å²) in [5.74, 6) is 4.07. The minimum Gasteiger partial charge on any atom is -0.494 e. The first-order valence-corrected chi connectivity index (χ1v) is 16.8. The molecule has 0 saturated carbocycles. The first kappa shape index (κ1) is 34.8. The van der Waals surface area contributed by atoms with Gasteiger partial charge in [-0.25, -0.2) is 19.9 Å². The Kier molecular flexibility index (Phi) is 11.0. The van der Waals surface area contributed by atoms with E-state index in [9.17, 15) is 0 Å². The highest BCUT2D eigenvalue weighted by molar-refractivity contribution is 5.80. The third-order valence-corrected chi connectivity index (χ3v) is 8.19. The Morgan fingerprint density at radius 1 is 0.608 bits per heavy atom. The second-order valence-electron chi connectivity index (χ2n) is 12.7. The van der Waals surface area contributed by atoms with Crippen LogP contribution in [0.5, 0.6) is 5.75 Å². The lowest BCUT2D eigenvalue weighted by atomic mass is 10.0. The quantitative estimate of drug-likeness (QED) is 0.0930. The first-order chi connectivity index (χ1) is 24.7. The Morgan fingerprint density at radius 3 is 1.80 bits per heavy atom. The van der Waals surface area contributed by atoms with Crippen LogP contribution in [0.1, 0.15) is 28.3 Å². The molecule has 6 aromatic rings. The van der Waals surface area contributed by atoms with Gasteiger partial charge in [-0.15, -0.1) is 0 Å². The first-order valence-electron chi connectivity index (χ1n) is 16.8. The number of ether oxygens (including phenoxy) is 1. The van der Waals surface area contributed by atoms with Crippen molar-refractivity contribution in [2.75, 3.05) is 43.3 Å². The van der Waals surface area contributed by atoms with Gasteiger partial charge in [-0.05, 0) is 61.5 Å². The van der Waals surface area contributed by atoms with Crippen LogP contribution in [0, 0.1) is 6.92 Å². The number of hydrogen-bond acceptors (Lipinski definition) is 11. The van der Waals surface area contributed by atoms with Gasteiger partial charge in [0.15, 0.2) is 0 Å². The highest BCUT2D eigenvalue weighted by Gasteiger charge is 2.14. The molecule has 2 aromatic heterocycles. The molecule has 0 radical (unpaired) electrons. The fourth-order valence-electron chi connectivity index (χ4n) is 5.99. The van der Waals surface area contributed by atoms with Crippen LogP contribution in [-0.4, -0.2) is 50.9 Å². The molecule has 51 heavy (non-hydrogen) atoms. The number of anilines is 6. The lowest BCUT2D eigenvalue weighted by Crippen LogP contribution is -2.19. The predicted molar refractivity (Wildman–Crippen MR) is 206 cm³/mol. The third kappa shape index (κ3) is 9.56. The van der Waals surface area contributed by atoms with E-state index in [0.717, 1.165) is 40.2 Å². The van der Waals surface area contributed by atoms with Crippen molar-refractivity contribution in [2.45, 2.75) is 33.1 Å². The van der Waals surface area contributed by atoms with Gasteiger partial charge in [0.25, 0.3) is 0 Å². The SMILES string of the molecule is COc1c(Nc2cc(N)nc(CN(C)Cc3ccccc3)n2)cccc1-c1ccc(CN(C)Cc2nc(N)cc(Nc3cccc(C)c3)n2)cc1. The summed E-state index contributed by atoms with van der Waals surface area (Å²) in [6.45, 7) is 4.62. The Balaban J connectivity index is 1.11. The van der Waals surface area contributed by atoms with Gasteiger partial charge in [0.05, 0.1) is 25.9 Å². The van der Waals surface area contributed by atoms with Crippen molar-refractivity contribution in [1.82, 2.24) is 29.7 Å². The average Bonchev–Trinajstić information content (AvgIpc) is 3.08. The fourth-order valence-corrected chi connectivity index (χ4v) is 5.99. The number of aryl methyl sites for hydroxylation is 1. The number of nitrogens with two attached hydrogens (primary N) is 2. The van der Waals surface area contributed by atoms with Gasteiger partial charge >= 0.3 is 0 Å². The summed E-state index contributed by atoms with van der Waals surface area (Å²) in [7, 11) is 5.75. The van der Waals surface area contributed by atoms with Gasteiger partial charge in [-0.1, -0.05) is 78.9 Å². The molecule has 11 nitrogen and oxygen atoms in total. The summed E-state index contributed by atoms with van der Waals surface area (Å²) in [6, 6.07) is 36.4. The van der Waals surface area contributed by atoms with E-state index in [1.54, 1.807) is 19.2 Å². The number of nitrogen functional groups attached to an aromatic ring is 2. The van der Waals surface area contributed by atoms with E-state index in [-0.39, 0.29) is 0 Å². The maximum Gasteiger partial charge on any atom is 0.150 e. The van der Waals surface area contributed by atoms with Crippen LogP contribution in [0.15, 0.2) is 109 Å². The Hall–Kier alpha value is -6.04. The fraction of sp³-hybridized carbons (Fsp3) is 0.200. The number of methoxy groups -OCH3 is 1. The average molecular weight is 681 g/mol. The van der Waals surface area contributed by atoms with Crippen molar-refractivity contribution in [3.8, 4) is 16.9 Å². The van der Waals surface area contributed by atoms with E-state index in [2.05, 4.69) is 85.9 Å². The molecule has 0 unspecified atom stereocenters.